The van der Waals surface area contributed by atoms with Crippen molar-refractivity contribution in [1.29, 1.82) is 0 Å². The van der Waals surface area contributed by atoms with E-state index in [9.17, 15) is 19.2 Å². The lowest BCUT2D eigenvalue weighted by atomic mass is 9.88. The van der Waals surface area contributed by atoms with Gasteiger partial charge in [-0.25, -0.2) is 9.59 Å². The van der Waals surface area contributed by atoms with E-state index in [0.29, 0.717) is 26.8 Å². The number of thioether (sulfide) groups is 1. The van der Waals surface area contributed by atoms with E-state index in [1.54, 1.807) is 22.8 Å². The molecule has 0 radical (unpaired) electrons. The highest BCUT2D eigenvalue weighted by Crippen LogP contribution is 2.40. The molecular weight excluding hydrogens is 559 g/mol. The third kappa shape index (κ3) is 6.43. The van der Waals surface area contributed by atoms with Crippen LogP contribution in [0.2, 0.25) is 0 Å². The zero-order valence-electron chi connectivity index (χ0n) is 21.7. The number of thiazole rings is 1. The largest absolute Gasteiger partial charge is 0.465 e. The van der Waals surface area contributed by atoms with E-state index in [-0.39, 0.29) is 24.0 Å². The highest BCUT2D eigenvalue weighted by Gasteiger charge is 2.28. The minimum atomic E-state index is -0.464. The first-order chi connectivity index (χ1) is 18.7. The number of anilines is 1. The standard InChI is InChI=1S/C27H27N3O6S3/c1-5-10-30-18-9-7-16(25(33)35-3)12-20(18)39-27(30)29-22(32)14-37-13-21(31)28-24-23(26(34)36-4)17-8-6-15(2)11-19(17)38-24/h1,7,9,12,15H,6,8,10-11,13-14H2,2-4H3,(H,28,31). The number of hydrogen-bond acceptors (Lipinski definition) is 9. The summed E-state index contributed by atoms with van der Waals surface area (Å²) < 4.78 is 12.2. The lowest BCUT2D eigenvalue weighted by Gasteiger charge is -2.18. The van der Waals surface area contributed by atoms with E-state index in [1.807, 2.05) is 0 Å². The van der Waals surface area contributed by atoms with Crippen LogP contribution in [-0.4, -0.2) is 54.0 Å². The Hall–Kier alpha value is -3.40. The maximum atomic E-state index is 12.7. The van der Waals surface area contributed by atoms with Gasteiger partial charge in [0, 0.05) is 4.88 Å². The number of aromatic nitrogens is 1. The fourth-order valence-electron chi connectivity index (χ4n) is 4.34. The minimum Gasteiger partial charge on any atom is -0.465 e. The topological polar surface area (TPSA) is 116 Å². The third-order valence-corrected chi connectivity index (χ3v) is 9.31. The van der Waals surface area contributed by atoms with Crippen LogP contribution in [0.4, 0.5) is 5.00 Å². The highest BCUT2D eigenvalue weighted by atomic mass is 32.2. The summed E-state index contributed by atoms with van der Waals surface area (Å²) >= 11 is 3.78. The monoisotopic (exact) mass is 585 g/mol. The Labute approximate surface area is 237 Å². The molecule has 9 nitrogen and oxygen atoms in total. The Balaban J connectivity index is 1.43. The number of fused-ring (bicyclic) bond motifs is 2. The van der Waals surface area contributed by atoms with Gasteiger partial charge in [0.05, 0.1) is 53.6 Å². The first-order valence-electron chi connectivity index (χ1n) is 12.1. The predicted octanol–water partition coefficient (Wildman–Crippen LogP) is 3.89. The molecule has 12 heteroatoms. The average molecular weight is 586 g/mol. The number of carbonyl (C=O) groups excluding carboxylic acids is 4. The van der Waals surface area contributed by atoms with Crippen molar-refractivity contribution in [2.24, 2.45) is 10.9 Å². The molecule has 0 spiro atoms. The number of nitrogens with one attached hydrogen (secondary N) is 1. The van der Waals surface area contributed by atoms with Crippen LogP contribution in [0.1, 0.15) is 44.5 Å². The number of hydrogen-bond donors (Lipinski definition) is 1. The molecule has 1 atom stereocenters. The number of carbonyl (C=O) groups is 4. The summed E-state index contributed by atoms with van der Waals surface area (Å²) in [7, 11) is 2.64. The summed E-state index contributed by atoms with van der Waals surface area (Å²) in [6.45, 7) is 2.37. The van der Waals surface area contributed by atoms with Gasteiger partial charge in [0.15, 0.2) is 4.80 Å². The number of methoxy groups -OCH3 is 2. The van der Waals surface area contributed by atoms with Gasteiger partial charge >= 0.3 is 11.9 Å². The van der Waals surface area contributed by atoms with Crippen LogP contribution in [0.15, 0.2) is 23.2 Å². The van der Waals surface area contributed by atoms with Gasteiger partial charge in [0.1, 0.15) is 5.00 Å². The zero-order chi connectivity index (χ0) is 28.1. The molecule has 3 aromatic rings. The quantitative estimate of drug-likeness (QED) is 0.315. The Morgan fingerprint density at radius 3 is 2.67 bits per heavy atom. The van der Waals surface area contributed by atoms with E-state index < -0.39 is 17.8 Å². The van der Waals surface area contributed by atoms with Crippen molar-refractivity contribution in [2.45, 2.75) is 32.7 Å². The molecule has 0 saturated heterocycles. The normalized spacial score (nSPS) is 14.9. The van der Waals surface area contributed by atoms with Gasteiger partial charge in [-0.1, -0.05) is 24.2 Å². The van der Waals surface area contributed by atoms with Gasteiger partial charge in [-0.15, -0.1) is 29.5 Å². The summed E-state index contributed by atoms with van der Waals surface area (Å²) in [5.74, 6) is 1.41. The number of benzene rings is 1. The Morgan fingerprint density at radius 1 is 1.18 bits per heavy atom. The van der Waals surface area contributed by atoms with Gasteiger partial charge in [-0.2, -0.15) is 4.99 Å². The molecule has 1 aromatic carbocycles. The van der Waals surface area contributed by atoms with Crippen LogP contribution in [0.5, 0.6) is 0 Å². The Kier molecular flexibility index (Phi) is 9.27. The van der Waals surface area contributed by atoms with Crippen molar-refractivity contribution in [3.63, 3.8) is 0 Å². The van der Waals surface area contributed by atoms with Crippen molar-refractivity contribution in [2.75, 3.05) is 31.0 Å². The molecule has 2 aromatic heterocycles. The number of rotatable bonds is 8. The molecule has 39 heavy (non-hydrogen) atoms. The molecule has 0 fully saturated rings. The summed E-state index contributed by atoms with van der Waals surface area (Å²) in [5.41, 5.74) is 2.53. The number of terminal acetylenes is 1. The molecule has 2 heterocycles. The van der Waals surface area contributed by atoms with Crippen molar-refractivity contribution < 1.29 is 28.7 Å². The van der Waals surface area contributed by atoms with E-state index >= 15 is 0 Å². The van der Waals surface area contributed by atoms with Crippen molar-refractivity contribution in [3.8, 4) is 12.3 Å². The molecule has 4 rings (SSSR count). The zero-order valence-corrected chi connectivity index (χ0v) is 24.1. The Bertz CT molecular complexity index is 1560. The second-order valence-electron chi connectivity index (χ2n) is 8.94. The molecule has 1 aliphatic carbocycles. The average Bonchev–Trinajstić information content (AvgIpc) is 3.44. The fraction of sp³-hybridized carbons (Fsp3) is 0.370. The predicted molar refractivity (Wildman–Crippen MR) is 153 cm³/mol. The maximum Gasteiger partial charge on any atom is 0.341 e. The lowest BCUT2D eigenvalue weighted by Crippen LogP contribution is -2.19. The van der Waals surface area contributed by atoms with Crippen LogP contribution in [0.3, 0.4) is 0 Å². The van der Waals surface area contributed by atoms with Gasteiger partial charge in [0.25, 0.3) is 5.91 Å². The van der Waals surface area contributed by atoms with Crippen molar-refractivity contribution in [1.82, 2.24) is 4.57 Å². The van der Waals surface area contributed by atoms with Crippen molar-refractivity contribution in [3.05, 3.63) is 44.6 Å². The number of thiophene rings is 1. The highest BCUT2D eigenvalue weighted by molar-refractivity contribution is 8.00. The molecule has 0 bridgehead atoms. The molecule has 1 N–H and O–H groups in total. The second kappa shape index (κ2) is 12.6. The summed E-state index contributed by atoms with van der Waals surface area (Å²) in [5, 5.41) is 3.33. The van der Waals surface area contributed by atoms with Crippen LogP contribution in [0.25, 0.3) is 10.2 Å². The molecule has 2 amide bonds. The van der Waals surface area contributed by atoms with Crippen LogP contribution < -0.4 is 10.1 Å². The number of ether oxygens (including phenoxy) is 2. The molecule has 1 unspecified atom stereocenters. The first-order valence-corrected chi connectivity index (χ1v) is 14.9. The smallest absolute Gasteiger partial charge is 0.341 e. The molecule has 1 aliphatic rings. The summed E-state index contributed by atoms with van der Waals surface area (Å²) in [6, 6.07) is 5.04. The summed E-state index contributed by atoms with van der Waals surface area (Å²) in [4.78, 5) is 55.4. The maximum absolute atomic E-state index is 12.7. The minimum absolute atomic E-state index is 0.0140. The van der Waals surface area contributed by atoms with Crippen LogP contribution >= 0.6 is 34.4 Å². The third-order valence-electron chi connectivity index (χ3n) is 6.19. The SMILES string of the molecule is C#CCn1c(=NC(=O)CSCC(=O)Nc2sc3c(c2C(=O)OC)CCC(C)C3)sc2cc(C(=O)OC)ccc21. The number of nitrogens with zero attached hydrogens (tertiary/aromatic N) is 2. The number of amides is 2. The molecule has 204 valence electrons. The van der Waals surface area contributed by atoms with Gasteiger partial charge in [0.2, 0.25) is 5.91 Å². The first kappa shape index (κ1) is 28.6. The lowest BCUT2D eigenvalue weighted by molar-refractivity contribution is -0.115. The van der Waals surface area contributed by atoms with E-state index in [0.717, 1.165) is 51.7 Å². The van der Waals surface area contributed by atoms with Crippen LogP contribution in [-0.2, 0) is 38.4 Å². The van der Waals surface area contributed by atoms with Gasteiger partial charge in [-0.05, 0) is 48.9 Å². The van der Waals surface area contributed by atoms with Crippen molar-refractivity contribution >= 4 is 73.4 Å². The van der Waals surface area contributed by atoms with Gasteiger partial charge in [-0.3, -0.25) is 9.59 Å². The molecule has 0 aliphatic heterocycles. The van der Waals surface area contributed by atoms with E-state index in [4.69, 9.17) is 15.9 Å². The fourth-order valence-corrected chi connectivity index (χ4v) is 7.44. The van der Waals surface area contributed by atoms with E-state index in [1.165, 1.54) is 36.9 Å². The summed E-state index contributed by atoms with van der Waals surface area (Å²) in [6.07, 6.45) is 8.15. The van der Waals surface area contributed by atoms with Gasteiger partial charge < -0.3 is 19.4 Å². The second-order valence-corrected chi connectivity index (χ2v) is 12.0. The molecular formula is C27H27N3O6S3. The molecule has 0 saturated carbocycles. The van der Waals surface area contributed by atoms with Crippen LogP contribution in [0, 0.1) is 18.3 Å². The number of esters is 2. The Morgan fingerprint density at radius 2 is 1.95 bits per heavy atom. The van der Waals surface area contributed by atoms with E-state index in [2.05, 4.69) is 23.2 Å².